The lowest BCUT2D eigenvalue weighted by Crippen LogP contribution is -2.33. The van der Waals surface area contributed by atoms with Crippen LogP contribution in [0, 0.1) is 0 Å². The fraction of sp³-hybridized carbons (Fsp3) is 0.526. The molecule has 0 aliphatic heterocycles. The number of rotatable bonds is 6. The molecule has 0 bridgehead atoms. The molecule has 0 spiro atoms. The number of carbonyl (C=O) groups excluding carboxylic acids is 1. The van der Waals surface area contributed by atoms with E-state index in [0.717, 1.165) is 32.1 Å². The van der Waals surface area contributed by atoms with Crippen LogP contribution in [0.5, 0.6) is 0 Å². The number of fused-ring (bicyclic) bond motifs is 1. The zero-order valence-electron chi connectivity index (χ0n) is 14.8. The Morgan fingerprint density at radius 1 is 1.36 bits per heavy atom. The van der Waals surface area contributed by atoms with Gasteiger partial charge in [0.1, 0.15) is 0 Å². The second-order valence-electron chi connectivity index (χ2n) is 6.69. The van der Waals surface area contributed by atoms with Gasteiger partial charge >= 0.3 is 0 Å². The van der Waals surface area contributed by atoms with Gasteiger partial charge in [-0.2, -0.15) is 0 Å². The van der Waals surface area contributed by atoms with E-state index < -0.39 is 0 Å². The highest BCUT2D eigenvalue weighted by Crippen LogP contribution is 2.32. The monoisotopic (exact) mass is 359 g/mol. The second kappa shape index (κ2) is 8.04. The highest BCUT2D eigenvalue weighted by Gasteiger charge is 2.23. The van der Waals surface area contributed by atoms with Gasteiger partial charge in [0.25, 0.3) is 5.56 Å². The molecule has 0 radical (unpaired) electrons. The highest BCUT2D eigenvalue weighted by atomic mass is 32.2. The van der Waals surface area contributed by atoms with Crippen molar-refractivity contribution in [2.24, 2.45) is 0 Å². The van der Waals surface area contributed by atoms with Crippen molar-refractivity contribution in [1.82, 2.24) is 14.9 Å². The van der Waals surface area contributed by atoms with Crippen LogP contribution in [0.15, 0.2) is 34.2 Å². The molecule has 1 amide bonds. The molecule has 134 valence electrons. The number of nitrogens with zero attached hydrogens (tertiary/aromatic N) is 2. The second-order valence-corrected chi connectivity index (χ2v) is 7.63. The predicted molar refractivity (Wildman–Crippen MR) is 102 cm³/mol. The Balaban J connectivity index is 1.91. The normalized spacial score (nSPS) is 16.2. The SMILES string of the molecule is CCC(C)NC(=O)CSc1nc2ccccc2c(=O)n1C1CCCC1. The van der Waals surface area contributed by atoms with E-state index in [9.17, 15) is 9.59 Å². The molecule has 5 nitrogen and oxygen atoms in total. The summed E-state index contributed by atoms with van der Waals surface area (Å²) < 4.78 is 1.83. The molecular formula is C19H25N3O2S. The number of benzene rings is 1. The van der Waals surface area contributed by atoms with E-state index in [4.69, 9.17) is 4.98 Å². The van der Waals surface area contributed by atoms with Gasteiger partial charge in [-0.1, -0.05) is 43.7 Å². The largest absolute Gasteiger partial charge is 0.353 e. The van der Waals surface area contributed by atoms with Crippen LogP contribution in [0.4, 0.5) is 0 Å². The first-order valence-electron chi connectivity index (χ1n) is 9.03. The molecule has 0 saturated heterocycles. The molecule has 1 unspecified atom stereocenters. The number of carbonyl (C=O) groups is 1. The minimum absolute atomic E-state index is 0.0141. The standard InChI is InChI=1S/C19H25N3O2S/c1-3-13(2)20-17(23)12-25-19-21-16-11-7-6-10-15(16)18(24)22(19)14-8-4-5-9-14/h6-7,10-11,13-14H,3-5,8-9,12H2,1-2H3,(H,20,23). The van der Waals surface area contributed by atoms with E-state index in [2.05, 4.69) is 5.32 Å². The van der Waals surface area contributed by atoms with Gasteiger partial charge in [-0.25, -0.2) is 4.98 Å². The molecule has 1 N–H and O–H groups in total. The molecule has 1 fully saturated rings. The van der Waals surface area contributed by atoms with Crippen molar-refractivity contribution in [2.75, 3.05) is 5.75 Å². The molecule has 1 heterocycles. The quantitative estimate of drug-likeness (QED) is 0.633. The van der Waals surface area contributed by atoms with Crippen molar-refractivity contribution in [3.05, 3.63) is 34.6 Å². The zero-order chi connectivity index (χ0) is 17.8. The average Bonchev–Trinajstić information content (AvgIpc) is 3.14. The number of aromatic nitrogens is 2. The van der Waals surface area contributed by atoms with E-state index in [1.807, 2.05) is 42.7 Å². The Morgan fingerprint density at radius 2 is 2.08 bits per heavy atom. The van der Waals surface area contributed by atoms with Gasteiger partial charge in [0.05, 0.1) is 16.7 Å². The van der Waals surface area contributed by atoms with Crippen LogP contribution in [-0.2, 0) is 4.79 Å². The minimum atomic E-state index is -0.0141. The summed E-state index contributed by atoms with van der Waals surface area (Å²) in [6, 6.07) is 7.81. The first-order chi connectivity index (χ1) is 12.1. The van der Waals surface area contributed by atoms with Crippen LogP contribution in [0.25, 0.3) is 10.9 Å². The molecule has 1 atom stereocenters. The van der Waals surface area contributed by atoms with Crippen LogP contribution in [-0.4, -0.2) is 27.3 Å². The number of amides is 1. The van der Waals surface area contributed by atoms with Crippen LogP contribution in [0.3, 0.4) is 0 Å². The maximum absolute atomic E-state index is 13.0. The van der Waals surface area contributed by atoms with Crippen molar-refractivity contribution in [3.8, 4) is 0 Å². The molecule has 1 aliphatic carbocycles. The third-order valence-corrected chi connectivity index (χ3v) is 5.77. The first-order valence-corrected chi connectivity index (χ1v) is 10.0. The summed E-state index contributed by atoms with van der Waals surface area (Å²) in [6.07, 6.45) is 5.20. The molecule has 3 rings (SSSR count). The van der Waals surface area contributed by atoms with E-state index in [0.29, 0.717) is 16.1 Å². The van der Waals surface area contributed by atoms with Gasteiger partial charge in [0.2, 0.25) is 5.91 Å². The van der Waals surface area contributed by atoms with E-state index in [-0.39, 0.29) is 29.3 Å². The number of nitrogens with one attached hydrogen (secondary N) is 1. The summed E-state index contributed by atoms with van der Waals surface area (Å²) in [5.74, 6) is 0.265. The number of hydrogen-bond donors (Lipinski definition) is 1. The topological polar surface area (TPSA) is 64.0 Å². The van der Waals surface area contributed by atoms with E-state index in [1.54, 1.807) is 0 Å². The number of thioether (sulfide) groups is 1. The van der Waals surface area contributed by atoms with Gasteiger partial charge in [0, 0.05) is 12.1 Å². The van der Waals surface area contributed by atoms with Gasteiger partial charge < -0.3 is 5.32 Å². The first kappa shape index (κ1) is 18.0. The van der Waals surface area contributed by atoms with Gasteiger partial charge in [-0.15, -0.1) is 0 Å². The van der Waals surface area contributed by atoms with Crippen molar-refractivity contribution >= 4 is 28.6 Å². The Morgan fingerprint density at radius 3 is 2.80 bits per heavy atom. The number of hydrogen-bond acceptors (Lipinski definition) is 4. The van der Waals surface area contributed by atoms with Crippen molar-refractivity contribution < 1.29 is 4.79 Å². The fourth-order valence-corrected chi connectivity index (χ4v) is 4.14. The van der Waals surface area contributed by atoms with E-state index in [1.165, 1.54) is 11.8 Å². The van der Waals surface area contributed by atoms with Gasteiger partial charge in [-0.05, 0) is 38.3 Å². The maximum atomic E-state index is 13.0. The van der Waals surface area contributed by atoms with Crippen molar-refractivity contribution in [3.63, 3.8) is 0 Å². The van der Waals surface area contributed by atoms with Crippen LogP contribution in [0.1, 0.15) is 52.0 Å². The molecular weight excluding hydrogens is 334 g/mol. The van der Waals surface area contributed by atoms with Gasteiger partial charge in [-0.3, -0.25) is 14.2 Å². The van der Waals surface area contributed by atoms with Crippen LogP contribution < -0.4 is 10.9 Å². The molecule has 6 heteroatoms. The smallest absolute Gasteiger partial charge is 0.262 e. The summed E-state index contributed by atoms with van der Waals surface area (Å²) in [6.45, 7) is 4.03. The summed E-state index contributed by atoms with van der Waals surface area (Å²) in [5, 5.41) is 4.28. The van der Waals surface area contributed by atoms with Crippen LogP contribution >= 0.6 is 11.8 Å². The van der Waals surface area contributed by atoms with Gasteiger partial charge in [0.15, 0.2) is 5.16 Å². The maximum Gasteiger partial charge on any atom is 0.262 e. The minimum Gasteiger partial charge on any atom is -0.353 e. The summed E-state index contributed by atoms with van der Waals surface area (Å²) in [5.41, 5.74) is 0.717. The summed E-state index contributed by atoms with van der Waals surface area (Å²) in [7, 11) is 0. The number of para-hydroxylation sites is 1. The Hall–Kier alpha value is -1.82. The lowest BCUT2D eigenvalue weighted by molar-refractivity contribution is -0.119. The zero-order valence-corrected chi connectivity index (χ0v) is 15.6. The Labute approximate surface area is 152 Å². The molecule has 25 heavy (non-hydrogen) atoms. The Kier molecular flexibility index (Phi) is 5.78. The van der Waals surface area contributed by atoms with E-state index >= 15 is 0 Å². The molecule has 1 aromatic heterocycles. The van der Waals surface area contributed by atoms with Crippen LogP contribution in [0.2, 0.25) is 0 Å². The van der Waals surface area contributed by atoms with Crippen molar-refractivity contribution in [2.45, 2.75) is 63.2 Å². The summed E-state index contributed by atoms with van der Waals surface area (Å²) >= 11 is 1.36. The third-order valence-electron chi connectivity index (χ3n) is 4.82. The Bertz CT molecular complexity index is 812. The molecule has 2 aromatic rings. The lowest BCUT2D eigenvalue weighted by Gasteiger charge is -2.19. The predicted octanol–water partition coefficient (Wildman–Crippen LogP) is 3.52. The highest BCUT2D eigenvalue weighted by molar-refractivity contribution is 7.99. The summed E-state index contributed by atoms with van der Waals surface area (Å²) in [4.78, 5) is 29.8. The molecule has 1 aromatic carbocycles. The van der Waals surface area contributed by atoms with Crippen molar-refractivity contribution in [1.29, 1.82) is 0 Å². The third kappa shape index (κ3) is 4.06. The lowest BCUT2D eigenvalue weighted by atomic mass is 10.2. The fourth-order valence-electron chi connectivity index (χ4n) is 3.26. The molecule has 1 saturated carbocycles. The average molecular weight is 359 g/mol. The molecule has 1 aliphatic rings.